The molecule has 1 atom stereocenters. The first kappa shape index (κ1) is 15.7. The van der Waals surface area contributed by atoms with Gasteiger partial charge in [-0.15, -0.1) is 0 Å². The van der Waals surface area contributed by atoms with Crippen molar-refractivity contribution in [2.24, 2.45) is 11.1 Å². The zero-order chi connectivity index (χ0) is 14.5. The number of aromatic nitrogens is 2. The van der Waals surface area contributed by atoms with Crippen LogP contribution in [-0.2, 0) is 0 Å². The molecule has 3 N–H and O–H groups in total. The molecule has 108 valence electrons. The van der Waals surface area contributed by atoms with Crippen LogP contribution in [0.3, 0.4) is 0 Å². The minimum atomic E-state index is 0.122. The van der Waals surface area contributed by atoms with E-state index in [1.54, 1.807) is 6.33 Å². The number of nitrogens with zero attached hydrogens (tertiary/aromatic N) is 3. The smallest absolute Gasteiger partial charge is 0.133 e. The number of hydrogen-bond donors (Lipinski definition) is 2. The van der Waals surface area contributed by atoms with Gasteiger partial charge in [-0.1, -0.05) is 20.8 Å². The zero-order valence-corrected chi connectivity index (χ0v) is 12.8. The lowest BCUT2D eigenvalue weighted by Gasteiger charge is -2.21. The number of likely N-dealkylation sites (N-methyl/N-ethyl adjacent to an activating group) is 1. The third kappa shape index (κ3) is 6.38. The molecule has 0 amide bonds. The van der Waals surface area contributed by atoms with Gasteiger partial charge in [0.1, 0.15) is 18.0 Å². The van der Waals surface area contributed by atoms with E-state index in [0.29, 0.717) is 5.41 Å². The van der Waals surface area contributed by atoms with Crippen molar-refractivity contribution >= 4 is 11.6 Å². The fourth-order valence-electron chi connectivity index (χ4n) is 1.74. The van der Waals surface area contributed by atoms with E-state index >= 15 is 0 Å². The first-order valence-corrected chi connectivity index (χ1v) is 6.80. The van der Waals surface area contributed by atoms with Crippen LogP contribution in [0, 0.1) is 5.41 Å². The number of rotatable bonds is 6. The van der Waals surface area contributed by atoms with E-state index in [2.05, 4.69) is 36.1 Å². The minimum Gasteiger partial charge on any atom is -0.370 e. The summed E-state index contributed by atoms with van der Waals surface area (Å²) < 4.78 is 0. The summed E-state index contributed by atoms with van der Waals surface area (Å²) in [5.41, 5.74) is 6.12. The van der Waals surface area contributed by atoms with Gasteiger partial charge in [0.15, 0.2) is 0 Å². The molecule has 0 bridgehead atoms. The van der Waals surface area contributed by atoms with Crippen molar-refractivity contribution in [2.45, 2.75) is 40.2 Å². The normalized spacial score (nSPS) is 13.2. The summed E-state index contributed by atoms with van der Waals surface area (Å²) >= 11 is 0. The van der Waals surface area contributed by atoms with Gasteiger partial charge in [0.05, 0.1) is 0 Å². The van der Waals surface area contributed by atoms with Gasteiger partial charge in [-0.05, 0) is 18.8 Å². The third-order valence-corrected chi connectivity index (χ3v) is 2.79. The van der Waals surface area contributed by atoms with Gasteiger partial charge in [0.2, 0.25) is 0 Å². The Morgan fingerprint density at radius 1 is 1.37 bits per heavy atom. The van der Waals surface area contributed by atoms with Gasteiger partial charge in [-0.3, -0.25) is 0 Å². The second kappa shape index (κ2) is 6.70. The molecule has 1 aromatic rings. The van der Waals surface area contributed by atoms with E-state index in [-0.39, 0.29) is 6.04 Å². The Hall–Kier alpha value is -1.36. The second-order valence-electron chi connectivity index (χ2n) is 6.36. The van der Waals surface area contributed by atoms with Crippen molar-refractivity contribution in [2.75, 3.05) is 30.4 Å². The molecule has 19 heavy (non-hydrogen) atoms. The molecule has 1 unspecified atom stereocenters. The summed E-state index contributed by atoms with van der Waals surface area (Å²) in [4.78, 5) is 10.6. The van der Waals surface area contributed by atoms with Crippen molar-refractivity contribution in [1.29, 1.82) is 0 Å². The van der Waals surface area contributed by atoms with Gasteiger partial charge < -0.3 is 16.0 Å². The summed E-state index contributed by atoms with van der Waals surface area (Å²) in [5, 5.41) is 3.34. The molecule has 0 aromatic carbocycles. The van der Waals surface area contributed by atoms with Gasteiger partial charge in [-0.2, -0.15) is 0 Å². The molecule has 0 radical (unpaired) electrons. The molecule has 1 aromatic heterocycles. The molecule has 0 aliphatic carbocycles. The highest BCUT2D eigenvalue weighted by atomic mass is 15.2. The summed E-state index contributed by atoms with van der Waals surface area (Å²) in [6, 6.07) is 2.09. The highest BCUT2D eigenvalue weighted by molar-refractivity contribution is 5.47. The standard InChI is InChI=1S/C14H27N5/c1-11(15)9-19(5)13-8-12(17-10-18-13)16-7-6-14(2,3)4/h8,10-11H,6-7,9,15H2,1-5H3,(H,16,17,18). The first-order chi connectivity index (χ1) is 8.78. The highest BCUT2D eigenvalue weighted by Gasteiger charge is 2.10. The Morgan fingerprint density at radius 2 is 2.05 bits per heavy atom. The minimum absolute atomic E-state index is 0.122. The van der Waals surface area contributed by atoms with Crippen LogP contribution in [-0.4, -0.2) is 36.1 Å². The first-order valence-electron chi connectivity index (χ1n) is 6.80. The van der Waals surface area contributed by atoms with Crippen LogP contribution in [0.15, 0.2) is 12.4 Å². The van der Waals surface area contributed by atoms with Gasteiger partial charge >= 0.3 is 0 Å². The molecular weight excluding hydrogens is 238 g/mol. The van der Waals surface area contributed by atoms with Crippen LogP contribution < -0.4 is 16.0 Å². The molecule has 1 rings (SSSR count). The maximum Gasteiger partial charge on any atom is 0.133 e. The number of nitrogens with one attached hydrogen (secondary N) is 1. The molecule has 0 spiro atoms. The van der Waals surface area contributed by atoms with Crippen LogP contribution in [0.5, 0.6) is 0 Å². The lowest BCUT2D eigenvalue weighted by atomic mass is 9.92. The summed E-state index contributed by atoms with van der Waals surface area (Å²) in [5.74, 6) is 1.76. The van der Waals surface area contributed by atoms with Gasteiger partial charge in [0, 0.05) is 32.2 Å². The van der Waals surface area contributed by atoms with Crippen molar-refractivity contribution in [1.82, 2.24) is 9.97 Å². The average molecular weight is 265 g/mol. The van der Waals surface area contributed by atoms with Crippen molar-refractivity contribution < 1.29 is 0 Å². The molecule has 5 nitrogen and oxygen atoms in total. The van der Waals surface area contributed by atoms with Crippen LogP contribution in [0.2, 0.25) is 0 Å². The van der Waals surface area contributed by atoms with Gasteiger partial charge in [-0.25, -0.2) is 9.97 Å². The maximum absolute atomic E-state index is 5.80. The Morgan fingerprint density at radius 3 is 2.63 bits per heavy atom. The second-order valence-corrected chi connectivity index (χ2v) is 6.36. The topological polar surface area (TPSA) is 67.1 Å². The van der Waals surface area contributed by atoms with Crippen LogP contribution in [0.1, 0.15) is 34.1 Å². The van der Waals surface area contributed by atoms with Gasteiger partial charge in [0.25, 0.3) is 0 Å². The van der Waals surface area contributed by atoms with Crippen LogP contribution in [0.4, 0.5) is 11.6 Å². The van der Waals surface area contributed by atoms with Crippen LogP contribution >= 0.6 is 0 Å². The van der Waals surface area contributed by atoms with Crippen molar-refractivity contribution in [3.05, 3.63) is 12.4 Å². The largest absolute Gasteiger partial charge is 0.370 e. The molecule has 0 saturated carbocycles. The lowest BCUT2D eigenvalue weighted by Crippen LogP contribution is -2.33. The SMILES string of the molecule is CC(N)CN(C)c1cc(NCCC(C)(C)C)ncn1. The molecule has 0 fully saturated rings. The molecule has 0 aliphatic heterocycles. The number of anilines is 2. The summed E-state index contributed by atoms with van der Waals surface area (Å²) in [6.45, 7) is 10.4. The number of nitrogens with two attached hydrogens (primary N) is 1. The Labute approximate surface area is 116 Å². The highest BCUT2D eigenvalue weighted by Crippen LogP contribution is 2.19. The fraction of sp³-hybridized carbons (Fsp3) is 0.714. The van der Waals surface area contributed by atoms with E-state index < -0.39 is 0 Å². The molecule has 1 heterocycles. The van der Waals surface area contributed by atoms with E-state index in [0.717, 1.165) is 31.1 Å². The molecule has 0 aliphatic rings. The Kier molecular flexibility index (Phi) is 5.54. The lowest BCUT2D eigenvalue weighted by molar-refractivity contribution is 0.389. The summed E-state index contributed by atoms with van der Waals surface area (Å²) in [7, 11) is 1.99. The van der Waals surface area contributed by atoms with Crippen molar-refractivity contribution in [3.8, 4) is 0 Å². The maximum atomic E-state index is 5.80. The van der Waals surface area contributed by atoms with E-state index in [1.807, 2.05) is 24.9 Å². The predicted molar refractivity (Wildman–Crippen MR) is 81.5 cm³/mol. The zero-order valence-electron chi connectivity index (χ0n) is 12.8. The molecule has 0 saturated heterocycles. The van der Waals surface area contributed by atoms with Crippen LogP contribution in [0.25, 0.3) is 0 Å². The quantitative estimate of drug-likeness (QED) is 0.824. The Balaban J connectivity index is 2.57. The summed E-state index contributed by atoms with van der Waals surface area (Å²) in [6.07, 6.45) is 2.69. The molecular formula is C14H27N5. The predicted octanol–water partition coefficient (Wildman–Crippen LogP) is 2.11. The molecule has 5 heteroatoms. The average Bonchev–Trinajstić information content (AvgIpc) is 2.26. The van der Waals surface area contributed by atoms with E-state index in [4.69, 9.17) is 5.73 Å². The number of hydrogen-bond acceptors (Lipinski definition) is 5. The fourth-order valence-corrected chi connectivity index (χ4v) is 1.74. The third-order valence-electron chi connectivity index (χ3n) is 2.79. The Bertz CT molecular complexity index is 384. The van der Waals surface area contributed by atoms with Crippen molar-refractivity contribution in [3.63, 3.8) is 0 Å². The van der Waals surface area contributed by atoms with E-state index in [9.17, 15) is 0 Å². The monoisotopic (exact) mass is 265 g/mol. The van der Waals surface area contributed by atoms with E-state index in [1.165, 1.54) is 0 Å².